The molecule has 1 atom stereocenters. The molecule has 8 heteroatoms. The average molecular weight is 327 g/mol. The lowest BCUT2D eigenvalue weighted by molar-refractivity contribution is -0.194. The van der Waals surface area contributed by atoms with E-state index in [-0.39, 0.29) is 11.3 Å². The smallest absolute Gasteiger partial charge is 0.338 e. The zero-order valence-corrected chi connectivity index (χ0v) is 12.7. The number of aryl methyl sites for hydroxylation is 1. The fourth-order valence-electron chi connectivity index (χ4n) is 2.63. The number of hydrogen-bond donors (Lipinski definition) is 1. The van der Waals surface area contributed by atoms with E-state index >= 15 is 0 Å². The third-order valence-electron chi connectivity index (χ3n) is 4.36. The van der Waals surface area contributed by atoms with Crippen molar-refractivity contribution in [2.45, 2.75) is 44.8 Å². The predicted molar refractivity (Wildman–Crippen MR) is 75.8 cm³/mol. The highest BCUT2D eigenvalue weighted by molar-refractivity contribution is 5.97. The Labute approximate surface area is 130 Å². The highest BCUT2D eigenvalue weighted by Gasteiger charge is 2.60. The minimum atomic E-state index is -4.51. The minimum absolute atomic E-state index is 0.0616. The molecule has 1 unspecified atom stereocenters. The van der Waals surface area contributed by atoms with Crippen LogP contribution in [0.15, 0.2) is 16.8 Å². The van der Waals surface area contributed by atoms with E-state index in [9.17, 15) is 18.0 Å². The van der Waals surface area contributed by atoms with Crippen LogP contribution in [0.2, 0.25) is 0 Å². The number of halogens is 3. The van der Waals surface area contributed by atoms with E-state index in [0.29, 0.717) is 30.3 Å². The average Bonchev–Trinajstić information content (AvgIpc) is 3.26. The molecule has 0 spiro atoms. The Morgan fingerprint density at radius 3 is 2.70 bits per heavy atom. The first-order valence-corrected chi connectivity index (χ1v) is 7.40. The fourth-order valence-corrected chi connectivity index (χ4v) is 2.63. The van der Waals surface area contributed by atoms with Crippen molar-refractivity contribution in [2.24, 2.45) is 5.92 Å². The maximum absolute atomic E-state index is 13.3. The number of aromatic nitrogens is 2. The summed E-state index contributed by atoms with van der Waals surface area (Å²) in [7, 11) is 0. The fraction of sp³-hybridized carbons (Fsp3) is 0.533. The lowest BCUT2D eigenvalue weighted by Crippen LogP contribution is -2.58. The third-order valence-corrected chi connectivity index (χ3v) is 4.36. The van der Waals surface area contributed by atoms with Gasteiger partial charge in [-0.15, -0.1) is 0 Å². The van der Waals surface area contributed by atoms with Gasteiger partial charge in [-0.3, -0.25) is 4.79 Å². The van der Waals surface area contributed by atoms with Crippen molar-refractivity contribution >= 4 is 17.0 Å². The van der Waals surface area contributed by atoms with E-state index in [0.717, 1.165) is 6.92 Å². The summed E-state index contributed by atoms with van der Waals surface area (Å²) in [6.07, 6.45) is -1.82. The summed E-state index contributed by atoms with van der Waals surface area (Å²) >= 11 is 0. The zero-order chi connectivity index (χ0) is 16.8. The van der Waals surface area contributed by atoms with Crippen LogP contribution in [0.3, 0.4) is 0 Å². The van der Waals surface area contributed by atoms with Gasteiger partial charge >= 0.3 is 6.18 Å². The molecule has 1 saturated carbocycles. The summed E-state index contributed by atoms with van der Waals surface area (Å²) in [5, 5.41) is 6.51. The molecule has 1 amide bonds. The molecule has 23 heavy (non-hydrogen) atoms. The minimum Gasteiger partial charge on any atom is -0.338 e. The molecular weight excluding hydrogens is 311 g/mol. The maximum atomic E-state index is 13.3. The van der Waals surface area contributed by atoms with Crippen LogP contribution < -0.4 is 5.32 Å². The van der Waals surface area contributed by atoms with Crippen molar-refractivity contribution in [3.05, 3.63) is 23.5 Å². The zero-order valence-electron chi connectivity index (χ0n) is 12.7. The Morgan fingerprint density at radius 2 is 2.13 bits per heavy atom. The standard InChI is InChI=1S/C15H16F3N3O2/c1-3-11-10-6-8(7-19-13(10)23-21-11)12(22)20-14(2,9-4-5-9)15(16,17)18/h6-7,9H,3-5H2,1-2H3,(H,20,22). The Bertz CT molecular complexity index is 752. The van der Waals surface area contributed by atoms with Crippen LogP contribution in [0, 0.1) is 5.92 Å². The number of pyridine rings is 1. The first-order chi connectivity index (χ1) is 10.8. The molecule has 0 radical (unpaired) electrons. The molecule has 1 fully saturated rings. The Kier molecular flexibility index (Phi) is 3.57. The van der Waals surface area contributed by atoms with Gasteiger partial charge in [0.15, 0.2) is 0 Å². The SMILES string of the molecule is CCc1noc2ncc(C(=O)NC(C)(C3CC3)C(F)(F)F)cc12. The number of hydrogen-bond acceptors (Lipinski definition) is 4. The van der Waals surface area contributed by atoms with Gasteiger partial charge in [-0.05, 0) is 38.2 Å². The second-order valence-electron chi connectivity index (χ2n) is 5.99. The lowest BCUT2D eigenvalue weighted by Gasteiger charge is -2.33. The van der Waals surface area contributed by atoms with Gasteiger partial charge in [-0.2, -0.15) is 13.2 Å². The molecule has 0 bridgehead atoms. The van der Waals surface area contributed by atoms with Gasteiger partial charge in [0, 0.05) is 6.20 Å². The van der Waals surface area contributed by atoms with Crippen molar-refractivity contribution in [2.75, 3.05) is 0 Å². The molecule has 124 valence electrons. The van der Waals surface area contributed by atoms with Gasteiger partial charge < -0.3 is 9.84 Å². The molecule has 1 aliphatic carbocycles. The number of alkyl halides is 3. The summed E-state index contributed by atoms with van der Waals surface area (Å²) in [6.45, 7) is 2.89. The molecule has 2 aromatic rings. The second kappa shape index (κ2) is 5.21. The molecular formula is C15H16F3N3O2. The molecule has 2 aromatic heterocycles. The van der Waals surface area contributed by atoms with Crippen LogP contribution in [0.5, 0.6) is 0 Å². The summed E-state index contributed by atoms with van der Waals surface area (Å²) in [6, 6.07) is 1.47. The Morgan fingerprint density at radius 1 is 1.43 bits per heavy atom. The maximum Gasteiger partial charge on any atom is 0.411 e. The van der Waals surface area contributed by atoms with E-state index in [1.54, 1.807) is 0 Å². The van der Waals surface area contributed by atoms with Crippen LogP contribution >= 0.6 is 0 Å². The van der Waals surface area contributed by atoms with Crippen LogP contribution in [-0.4, -0.2) is 27.8 Å². The van der Waals surface area contributed by atoms with Crippen LogP contribution in [0.1, 0.15) is 42.7 Å². The normalized spacial score (nSPS) is 18.0. The molecule has 5 nitrogen and oxygen atoms in total. The van der Waals surface area contributed by atoms with Crippen LogP contribution in [-0.2, 0) is 6.42 Å². The van der Waals surface area contributed by atoms with Gasteiger partial charge in [-0.25, -0.2) is 4.98 Å². The van der Waals surface area contributed by atoms with Crippen molar-refractivity contribution < 1.29 is 22.5 Å². The largest absolute Gasteiger partial charge is 0.411 e. The van der Waals surface area contributed by atoms with E-state index in [2.05, 4.69) is 15.5 Å². The number of nitrogens with zero attached hydrogens (tertiary/aromatic N) is 2. The number of fused-ring (bicyclic) bond motifs is 1. The number of nitrogens with one attached hydrogen (secondary N) is 1. The number of carbonyl (C=O) groups excluding carboxylic acids is 1. The summed E-state index contributed by atoms with van der Waals surface area (Å²) in [5.41, 5.74) is -1.28. The summed E-state index contributed by atoms with van der Waals surface area (Å²) in [5.74, 6) is -1.38. The molecule has 2 heterocycles. The lowest BCUT2D eigenvalue weighted by atomic mass is 9.94. The third kappa shape index (κ3) is 2.66. The van der Waals surface area contributed by atoms with Crippen molar-refractivity contribution in [3.8, 4) is 0 Å². The van der Waals surface area contributed by atoms with Gasteiger partial charge in [0.2, 0.25) is 0 Å². The Hall–Kier alpha value is -2.12. The van der Waals surface area contributed by atoms with Gasteiger partial charge in [0.25, 0.3) is 11.6 Å². The monoisotopic (exact) mass is 327 g/mol. The number of carbonyl (C=O) groups is 1. The van der Waals surface area contributed by atoms with Crippen molar-refractivity contribution in [1.29, 1.82) is 0 Å². The topological polar surface area (TPSA) is 68.0 Å². The van der Waals surface area contributed by atoms with Gasteiger partial charge in [0.1, 0.15) is 5.54 Å². The second-order valence-corrected chi connectivity index (χ2v) is 5.99. The van der Waals surface area contributed by atoms with Crippen molar-refractivity contribution in [1.82, 2.24) is 15.5 Å². The first kappa shape index (κ1) is 15.8. The molecule has 3 rings (SSSR count). The molecule has 1 N–H and O–H groups in total. The quantitative estimate of drug-likeness (QED) is 0.936. The van der Waals surface area contributed by atoms with E-state index < -0.39 is 23.5 Å². The van der Waals surface area contributed by atoms with Crippen LogP contribution in [0.25, 0.3) is 11.1 Å². The highest BCUT2D eigenvalue weighted by atomic mass is 19.4. The first-order valence-electron chi connectivity index (χ1n) is 7.40. The predicted octanol–water partition coefficient (Wildman–Crippen LogP) is 3.25. The van der Waals surface area contributed by atoms with Gasteiger partial charge in [0.05, 0.1) is 16.6 Å². The molecule has 0 aromatic carbocycles. The number of amides is 1. The van der Waals surface area contributed by atoms with Crippen molar-refractivity contribution in [3.63, 3.8) is 0 Å². The van der Waals surface area contributed by atoms with Gasteiger partial charge in [-0.1, -0.05) is 12.1 Å². The Balaban J connectivity index is 1.90. The van der Waals surface area contributed by atoms with E-state index in [4.69, 9.17) is 4.52 Å². The number of rotatable bonds is 4. The van der Waals surface area contributed by atoms with E-state index in [1.165, 1.54) is 12.3 Å². The summed E-state index contributed by atoms with van der Waals surface area (Å²) in [4.78, 5) is 16.3. The summed E-state index contributed by atoms with van der Waals surface area (Å²) < 4.78 is 45.0. The molecule has 0 saturated heterocycles. The highest BCUT2D eigenvalue weighted by Crippen LogP contribution is 2.48. The van der Waals surface area contributed by atoms with E-state index in [1.807, 2.05) is 6.92 Å². The molecule has 0 aliphatic heterocycles. The van der Waals surface area contributed by atoms with Crippen LogP contribution in [0.4, 0.5) is 13.2 Å². The molecule has 1 aliphatic rings.